The van der Waals surface area contributed by atoms with Gasteiger partial charge in [0.05, 0.1) is 6.61 Å². The van der Waals surface area contributed by atoms with Crippen LogP contribution in [0.3, 0.4) is 0 Å². The molecule has 6 heteroatoms. The second kappa shape index (κ2) is 42.0. The number of hydrogen-bond donors (Lipinski definition) is 1. The van der Waals surface area contributed by atoms with Crippen molar-refractivity contribution in [1.82, 2.24) is 4.90 Å². The van der Waals surface area contributed by atoms with Crippen molar-refractivity contribution >= 4 is 11.9 Å². The third-order valence-electron chi connectivity index (χ3n) is 11.2. The number of esters is 2. The molecule has 0 saturated heterocycles. The Bertz CT molecular complexity index is 739. The van der Waals surface area contributed by atoms with Gasteiger partial charge in [-0.25, -0.2) is 0 Å². The van der Waals surface area contributed by atoms with Crippen LogP contribution in [-0.4, -0.2) is 55.7 Å². The highest BCUT2D eigenvalue weighted by Gasteiger charge is 2.15. The largest absolute Gasteiger partial charge is 0.466 e. The first kappa shape index (κ1) is 51.9. The second-order valence-electron chi connectivity index (χ2n) is 16.4. The van der Waals surface area contributed by atoms with Gasteiger partial charge in [0.15, 0.2) is 0 Å². The molecule has 0 unspecified atom stereocenters. The van der Waals surface area contributed by atoms with Gasteiger partial charge in [-0.3, -0.25) is 9.59 Å². The lowest BCUT2D eigenvalue weighted by molar-refractivity contribution is -0.150. The lowest BCUT2D eigenvalue weighted by atomic mass is 9.93. The van der Waals surface area contributed by atoms with E-state index in [-0.39, 0.29) is 18.0 Å². The maximum atomic E-state index is 12.7. The zero-order valence-electron chi connectivity index (χ0n) is 36.4. The molecule has 53 heavy (non-hydrogen) atoms. The van der Waals surface area contributed by atoms with Crippen molar-refractivity contribution in [2.45, 2.75) is 252 Å². The predicted octanol–water partition coefficient (Wildman–Crippen LogP) is 13.7. The molecule has 0 atom stereocenters. The van der Waals surface area contributed by atoms with E-state index < -0.39 is 0 Å². The first-order chi connectivity index (χ1) is 26.0. The summed E-state index contributed by atoms with van der Waals surface area (Å²) >= 11 is 0. The molecular formula is C47H94N2O4. The Kier molecular flexibility index (Phi) is 41.1. The van der Waals surface area contributed by atoms with Gasteiger partial charge in [-0.15, -0.1) is 0 Å². The summed E-state index contributed by atoms with van der Waals surface area (Å²) in [5.74, 6) is 0.740. The van der Waals surface area contributed by atoms with Gasteiger partial charge in [0, 0.05) is 12.8 Å². The molecule has 0 heterocycles. The zero-order valence-corrected chi connectivity index (χ0v) is 36.4. The van der Waals surface area contributed by atoms with Crippen LogP contribution in [0.2, 0.25) is 0 Å². The molecule has 0 bridgehead atoms. The second-order valence-corrected chi connectivity index (χ2v) is 16.4. The Morgan fingerprint density at radius 3 is 1.36 bits per heavy atom. The van der Waals surface area contributed by atoms with E-state index in [0.717, 1.165) is 77.5 Å². The first-order valence-corrected chi connectivity index (χ1v) is 23.8. The molecule has 0 aliphatic heterocycles. The van der Waals surface area contributed by atoms with Gasteiger partial charge in [-0.05, 0) is 96.3 Å². The van der Waals surface area contributed by atoms with Crippen LogP contribution in [0.25, 0.3) is 0 Å². The van der Waals surface area contributed by atoms with Gasteiger partial charge < -0.3 is 20.1 Å². The molecule has 0 saturated carbocycles. The van der Waals surface area contributed by atoms with Gasteiger partial charge in [0.1, 0.15) is 6.10 Å². The number of unbranched alkanes of at least 4 members (excludes halogenated alkanes) is 20. The Labute approximate surface area is 331 Å². The number of carbonyl (C=O) groups is 2. The highest BCUT2D eigenvalue weighted by molar-refractivity contribution is 5.69. The van der Waals surface area contributed by atoms with Crippen LogP contribution in [0.4, 0.5) is 0 Å². The number of carbonyl (C=O) groups excluding carboxylic acids is 2. The van der Waals surface area contributed by atoms with Crippen molar-refractivity contribution in [2.24, 2.45) is 11.7 Å². The summed E-state index contributed by atoms with van der Waals surface area (Å²) in [6.07, 6.45) is 39.9. The quantitative estimate of drug-likeness (QED) is 0.0494. The molecule has 2 N–H and O–H groups in total. The van der Waals surface area contributed by atoms with E-state index in [1.54, 1.807) is 0 Å². The lowest BCUT2D eigenvalue weighted by Crippen LogP contribution is -2.28. The average molecular weight is 751 g/mol. The van der Waals surface area contributed by atoms with Crippen LogP contribution in [0.15, 0.2) is 0 Å². The minimum absolute atomic E-state index is 0.00568. The predicted molar refractivity (Wildman–Crippen MR) is 229 cm³/mol. The molecule has 0 aromatic rings. The Morgan fingerprint density at radius 2 is 0.868 bits per heavy atom. The summed E-state index contributed by atoms with van der Waals surface area (Å²) in [5, 5.41) is 0. The van der Waals surface area contributed by atoms with Crippen molar-refractivity contribution in [2.75, 3.05) is 32.8 Å². The van der Waals surface area contributed by atoms with Crippen LogP contribution in [0.5, 0.6) is 0 Å². The molecule has 0 spiro atoms. The SMILES string of the molecule is CCCCCCCCC(CCCCCCCC)OC(=O)CCCCCCCN(CCCN)CCCCCCCC(=O)OCCC(CCCC)CCCC. The summed E-state index contributed by atoms with van der Waals surface area (Å²) < 4.78 is 11.6. The van der Waals surface area contributed by atoms with E-state index in [1.165, 1.54) is 154 Å². The summed E-state index contributed by atoms with van der Waals surface area (Å²) in [7, 11) is 0. The number of nitrogens with zero attached hydrogens (tertiary/aromatic N) is 1. The fourth-order valence-corrected chi connectivity index (χ4v) is 7.56. The summed E-state index contributed by atoms with van der Waals surface area (Å²) in [6.45, 7) is 13.8. The van der Waals surface area contributed by atoms with Crippen LogP contribution in [0, 0.1) is 5.92 Å². The van der Waals surface area contributed by atoms with Crippen molar-refractivity contribution in [1.29, 1.82) is 0 Å². The molecular weight excluding hydrogens is 657 g/mol. The Hall–Kier alpha value is -1.14. The standard InChI is InChI=1S/C47H94N2O4/c1-5-9-13-15-19-25-34-45(35-26-20-16-14-10-6-2)53-47(51)37-28-22-18-24-30-41-49(42-31-39-48)40-29-23-17-21-27-36-46(50)52-43-38-44(32-11-7-3)33-12-8-4/h44-45H,5-43,48H2,1-4H3. The van der Waals surface area contributed by atoms with Gasteiger partial charge in [-0.2, -0.15) is 0 Å². The first-order valence-electron chi connectivity index (χ1n) is 23.8. The van der Waals surface area contributed by atoms with E-state index in [1.807, 2.05) is 0 Å². The summed E-state index contributed by atoms with van der Waals surface area (Å²) in [5.41, 5.74) is 5.85. The molecule has 0 aromatic heterocycles. The van der Waals surface area contributed by atoms with Crippen molar-refractivity contribution < 1.29 is 19.1 Å². The number of ether oxygens (including phenoxy) is 2. The maximum absolute atomic E-state index is 12.7. The van der Waals surface area contributed by atoms with Gasteiger partial charge >= 0.3 is 11.9 Å². The van der Waals surface area contributed by atoms with Crippen LogP contribution < -0.4 is 5.73 Å². The van der Waals surface area contributed by atoms with Gasteiger partial charge in [-0.1, -0.05) is 169 Å². The molecule has 0 aliphatic rings. The third kappa shape index (κ3) is 37.6. The van der Waals surface area contributed by atoms with Gasteiger partial charge in [0.25, 0.3) is 0 Å². The average Bonchev–Trinajstić information content (AvgIpc) is 3.15. The van der Waals surface area contributed by atoms with Crippen LogP contribution in [0.1, 0.15) is 246 Å². The summed E-state index contributed by atoms with van der Waals surface area (Å²) in [6, 6.07) is 0. The highest BCUT2D eigenvalue weighted by Crippen LogP contribution is 2.21. The molecule has 0 rings (SSSR count). The normalized spacial score (nSPS) is 11.7. The number of hydrogen-bond acceptors (Lipinski definition) is 6. The Balaban J connectivity index is 4.12. The minimum Gasteiger partial charge on any atom is -0.466 e. The van der Waals surface area contributed by atoms with Gasteiger partial charge in [0.2, 0.25) is 0 Å². The topological polar surface area (TPSA) is 81.9 Å². The van der Waals surface area contributed by atoms with E-state index in [9.17, 15) is 9.59 Å². The summed E-state index contributed by atoms with van der Waals surface area (Å²) in [4.78, 5) is 27.6. The third-order valence-corrected chi connectivity index (χ3v) is 11.2. The number of nitrogens with two attached hydrogens (primary N) is 1. The highest BCUT2D eigenvalue weighted by atomic mass is 16.5. The molecule has 6 nitrogen and oxygen atoms in total. The van der Waals surface area contributed by atoms with E-state index in [4.69, 9.17) is 15.2 Å². The van der Waals surface area contributed by atoms with E-state index in [0.29, 0.717) is 25.4 Å². The fraction of sp³-hybridized carbons (Fsp3) is 0.957. The lowest BCUT2D eigenvalue weighted by Gasteiger charge is -2.22. The minimum atomic E-state index is -0.00568. The molecule has 0 radical (unpaired) electrons. The molecule has 0 fully saturated rings. The van der Waals surface area contributed by atoms with Crippen molar-refractivity contribution in [3.8, 4) is 0 Å². The maximum Gasteiger partial charge on any atom is 0.306 e. The van der Waals surface area contributed by atoms with Crippen molar-refractivity contribution in [3.05, 3.63) is 0 Å². The van der Waals surface area contributed by atoms with Crippen molar-refractivity contribution in [3.63, 3.8) is 0 Å². The molecule has 0 aromatic carbocycles. The fourth-order valence-electron chi connectivity index (χ4n) is 7.56. The smallest absolute Gasteiger partial charge is 0.306 e. The monoisotopic (exact) mass is 751 g/mol. The molecule has 0 amide bonds. The Morgan fingerprint density at radius 1 is 0.453 bits per heavy atom. The van der Waals surface area contributed by atoms with E-state index in [2.05, 4.69) is 32.6 Å². The van der Waals surface area contributed by atoms with Crippen LogP contribution in [-0.2, 0) is 19.1 Å². The molecule has 316 valence electrons. The van der Waals surface area contributed by atoms with E-state index >= 15 is 0 Å². The number of rotatable bonds is 43. The zero-order chi connectivity index (χ0) is 38.9. The van der Waals surface area contributed by atoms with Crippen LogP contribution >= 0.6 is 0 Å². The molecule has 0 aliphatic carbocycles.